The molecule has 94 valence electrons. The topological polar surface area (TPSA) is 96.0 Å². The van der Waals surface area contributed by atoms with Crippen molar-refractivity contribution in [3.05, 3.63) is 30.1 Å². The lowest BCUT2D eigenvalue weighted by Gasteiger charge is -2.24. The molecule has 0 radical (unpaired) electrons. The van der Waals surface area contributed by atoms with Crippen LogP contribution in [0.5, 0.6) is 0 Å². The Morgan fingerprint density at radius 2 is 2.06 bits per heavy atom. The highest BCUT2D eigenvalue weighted by Gasteiger charge is 2.29. The Morgan fingerprint density at radius 1 is 1.47 bits per heavy atom. The molecule has 0 saturated carbocycles. The van der Waals surface area contributed by atoms with Gasteiger partial charge in [-0.2, -0.15) is 4.72 Å². The van der Waals surface area contributed by atoms with Gasteiger partial charge in [0.1, 0.15) is 11.7 Å². The molecule has 0 aliphatic heterocycles. The molecule has 0 aromatic heterocycles. The maximum absolute atomic E-state index is 12.9. The van der Waals surface area contributed by atoms with Crippen molar-refractivity contribution >= 4 is 15.9 Å². The summed E-state index contributed by atoms with van der Waals surface area (Å²) in [7, 11) is -3.90. The highest BCUT2D eigenvalue weighted by molar-refractivity contribution is 7.89. The zero-order valence-electron chi connectivity index (χ0n) is 9.49. The zero-order valence-corrected chi connectivity index (χ0v) is 10.3. The molecule has 0 amide bonds. The molecule has 0 aliphatic carbocycles. The second kappa shape index (κ2) is 4.42. The number of nitrogens with one attached hydrogen (secondary N) is 2. The highest BCUT2D eigenvalue weighted by atomic mass is 32.2. The smallest absolute Gasteiger partial charge is 0.241 e. The minimum absolute atomic E-state index is 0.202. The SMILES string of the molecule is CC(C)(NS(=O)(=O)c1cccc(F)c1)C(=N)N. The lowest BCUT2D eigenvalue weighted by atomic mass is 10.1. The van der Waals surface area contributed by atoms with Crippen LogP contribution in [0.1, 0.15) is 13.8 Å². The number of hydrogen-bond acceptors (Lipinski definition) is 3. The Balaban J connectivity index is 3.10. The van der Waals surface area contributed by atoms with Gasteiger partial charge in [0, 0.05) is 0 Å². The second-order valence-corrected chi connectivity index (χ2v) is 5.78. The molecule has 0 fully saturated rings. The van der Waals surface area contributed by atoms with E-state index < -0.39 is 21.4 Å². The third-order valence-corrected chi connectivity index (χ3v) is 3.82. The minimum atomic E-state index is -3.90. The maximum Gasteiger partial charge on any atom is 0.241 e. The largest absolute Gasteiger partial charge is 0.386 e. The summed E-state index contributed by atoms with van der Waals surface area (Å²) >= 11 is 0. The summed E-state index contributed by atoms with van der Waals surface area (Å²) < 4.78 is 38.9. The Bertz CT molecular complexity index is 540. The van der Waals surface area contributed by atoms with Crippen molar-refractivity contribution in [3.63, 3.8) is 0 Å². The van der Waals surface area contributed by atoms with Gasteiger partial charge in [-0.25, -0.2) is 12.8 Å². The maximum atomic E-state index is 12.9. The Morgan fingerprint density at radius 3 is 2.53 bits per heavy atom. The number of hydrogen-bond donors (Lipinski definition) is 3. The van der Waals surface area contributed by atoms with Crippen molar-refractivity contribution in [2.45, 2.75) is 24.3 Å². The summed E-state index contributed by atoms with van der Waals surface area (Å²) in [5, 5.41) is 7.26. The van der Waals surface area contributed by atoms with Crippen LogP contribution in [0, 0.1) is 11.2 Å². The monoisotopic (exact) mass is 259 g/mol. The van der Waals surface area contributed by atoms with E-state index in [9.17, 15) is 12.8 Å². The molecular formula is C10H14FN3O2S. The molecule has 1 rings (SSSR count). The van der Waals surface area contributed by atoms with Gasteiger partial charge in [0.2, 0.25) is 10.0 Å². The molecule has 0 aliphatic rings. The Kier molecular flexibility index (Phi) is 3.53. The van der Waals surface area contributed by atoms with Crippen LogP contribution in [0.25, 0.3) is 0 Å². The number of amidine groups is 1. The van der Waals surface area contributed by atoms with E-state index in [4.69, 9.17) is 11.1 Å². The van der Waals surface area contributed by atoms with Crippen LogP contribution in [0.3, 0.4) is 0 Å². The summed E-state index contributed by atoms with van der Waals surface area (Å²) in [6, 6.07) is 4.61. The van der Waals surface area contributed by atoms with Crippen LogP contribution in [0.2, 0.25) is 0 Å². The van der Waals surface area contributed by atoms with E-state index in [0.29, 0.717) is 0 Å². The standard InChI is InChI=1S/C10H14FN3O2S/c1-10(2,9(12)13)14-17(15,16)8-5-3-4-7(11)6-8/h3-6,14H,1-2H3,(H3,12,13). The molecule has 0 saturated heterocycles. The first-order valence-corrected chi connectivity index (χ1v) is 6.27. The van der Waals surface area contributed by atoms with Gasteiger partial charge >= 0.3 is 0 Å². The predicted molar refractivity (Wildman–Crippen MR) is 62.7 cm³/mol. The van der Waals surface area contributed by atoms with Crippen LogP contribution in [0.15, 0.2) is 29.2 Å². The molecule has 1 aromatic rings. The van der Waals surface area contributed by atoms with Gasteiger partial charge in [-0.3, -0.25) is 5.41 Å². The summed E-state index contributed by atoms with van der Waals surface area (Å²) in [6.07, 6.45) is 0. The number of halogens is 1. The van der Waals surface area contributed by atoms with Gasteiger partial charge in [0.05, 0.1) is 10.4 Å². The first-order valence-electron chi connectivity index (χ1n) is 4.79. The van der Waals surface area contributed by atoms with E-state index in [0.717, 1.165) is 12.1 Å². The fourth-order valence-electron chi connectivity index (χ4n) is 1.08. The van der Waals surface area contributed by atoms with Gasteiger partial charge in [-0.05, 0) is 32.0 Å². The zero-order chi connectivity index (χ0) is 13.3. The third-order valence-electron chi connectivity index (χ3n) is 2.17. The lowest BCUT2D eigenvalue weighted by Crippen LogP contribution is -2.52. The van der Waals surface area contributed by atoms with E-state index in [1.54, 1.807) is 0 Å². The summed E-state index contributed by atoms with van der Waals surface area (Å²) in [5.41, 5.74) is 4.05. The minimum Gasteiger partial charge on any atom is -0.386 e. The summed E-state index contributed by atoms with van der Waals surface area (Å²) in [6.45, 7) is 2.90. The Hall–Kier alpha value is -1.47. The van der Waals surface area contributed by atoms with Crippen molar-refractivity contribution in [1.29, 1.82) is 5.41 Å². The second-order valence-electron chi connectivity index (χ2n) is 4.10. The van der Waals surface area contributed by atoms with Gasteiger partial charge in [-0.15, -0.1) is 0 Å². The molecule has 0 heterocycles. The van der Waals surface area contributed by atoms with Crippen LogP contribution >= 0.6 is 0 Å². The van der Waals surface area contributed by atoms with Crippen LogP contribution in [-0.4, -0.2) is 19.8 Å². The molecular weight excluding hydrogens is 245 g/mol. The van der Waals surface area contributed by atoms with Crippen molar-refractivity contribution in [2.75, 3.05) is 0 Å². The van der Waals surface area contributed by atoms with E-state index in [1.807, 2.05) is 0 Å². The van der Waals surface area contributed by atoms with E-state index in [1.165, 1.54) is 26.0 Å². The molecule has 0 spiro atoms. The van der Waals surface area contributed by atoms with Gasteiger partial charge in [0.25, 0.3) is 0 Å². The number of rotatable bonds is 4. The molecule has 7 heteroatoms. The first kappa shape index (κ1) is 13.6. The van der Waals surface area contributed by atoms with Gasteiger partial charge < -0.3 is 5.73 Å². The van der Waals surface area contributed by atoms with Crippen LogP contribution in [0.4, 0.5) is 4.39 Å². The molecule has 0 unspecified atom stereocenters. The van der Waals surface area contributed by atoms with Gasteiger partial charge in [0.15, 0.2) is 0 Å². The van der Waals surface area contributed by atoms with Crippen LogP contribution in [-0.2, 0) is 10.0 Å². The summed E-state index contributed by atoms with van der Waals surface area (Å²) in [5.74, 6) is -0.967. The highest BCUT2D eigenvalue weighted by Crippen LogP contribution is 2.14. The molecule has 1 aromatic carbocycles. The van der Waals surface area contributed by atoms with E-state index in [2.05, 4.69) is 4.72 Å². The lowest BCUT2D eigenvalue weighted by molar-refractivity contribution is 0.540. The number of benzene rings is 1. The molecule has 17 heavy (non-hydrogen) atoms. The van der Waals surface area contributed by atoms with Crippen molar-refractivity contribution in [1.82, 2.24) is 4.72 Å². The third kappa shape index (κ3) is 3.24. The Labute approximate surface area is 99.4 Å². The molecule has 0 atom stereocenters. The van der Waals surface area contributed by atoms with Gasteiger partial charge in [-0.1, -0.05) is 6.07 Å². The quantitative estimate of drug-likeness (QED) is 0.551. The number of nitrogens with two attached hydrogens (primary N) is 1. The number of sulfonamides is 1. The fraction of sp³-hybridized carbons (Fsp3) is 0.300. The molecule has 5 nitrogen and oxygen atoms in total. The summed E-state index contributed by atoms with van der Waals surface area (Å²) in [4.78, 5) is -0.202. The average molecular weight is 259 g/mol. The fourth-order valence-corrected chi connectivity index (χ4v) is 2.51. The van der Waals surface area contributed by atoms with Crippen molar-refractivity contribution in [2.24, 2.45) is 5.73 Å². The normalized spacial score (nSPS) is 12.4. The van der Waals surface area contributed by atoms with E-state index >= 15 is 0 Å². The molecule has 0 bridgehead atoms. The molecule has 4 N–H and O–H groups in total. The average Bonchev–Trinajstić information content (AvgIpc) is 2.15. The first-order chi connectivity index (χ1) is 7.65. The van der Waals surface area contributed by atoms with Crippen molar-refractivity contribution < 1.29 is 12.8 Å². The van der Waals surface area contributed by atoms with E-state index in [-0.39, 0.29) is 10.7 Å². The van der Waals surface area contributed by atoms with Crippen LogP contribution < -0.4 is 10.5 Å². The van der Waals surface area contributed by atoms with Crippen molar-refractivity contribution in [3.8, 4) is 0 Å². The predicted octanol–water partition coefficient (Wildman–Crippen LogP) is 0.819.